The van der Waals surface area contributed by atoms with Gasteiger partial charge in [0.25, 0.3) is 0 Å². The number of carbonyl (C=O) groups excluding carboxylic acids is 2. The number of hydrogen-bond acceptors (Lipinski definition) is 4. The Morgan fingerprint density at radius 3 is 2.09 bits per heavy atom. The third-order valence-electron chi connectivity index (χ3n) is 6.33. The highest BCUT2D eigenvalue weighted by Gasteiger charge is 2.19. The maximum atomic E-state index is 12.9. The topological polar surface area (TPSA) is 70.3 Å². The van der Waals surface area contributed by atoms with Gasteiger partial charge in [-0.15, -0.1) is 0 Å². The third-order valence-corrected chi connectivity index (χ3v) is 6.33. The molecule has 4 rings (SSSR count). The quantitative estimate of drug-likeness (QED) is 0.211. The molecule has 0 spiro atoms. The molecule has 0 atom stereocenters. The molecule has 0 aliphatic carbocycles. The molecule has 4 aromatic rings. The predicted molar refractivity (Wildman–Crippen MR) is 134 cm³/mol. The minimum atomic E-state index is -0.527. The van der Waals surface area contributed by atoms with Gasteiger partial charge in [-0.1, -0.05) is 38.1 Å². The van der Waals surface area contributed by atoms with Crippen molar-refractivity contribution in [3.05, 3.63) is 81.8 Å². The van der Waals surface area contributed by atoms with Gasteiger partial charge in [0.2, 0.25) is 5.78 Å². The predicted octanol–water partition coefficient (Wildman–Crippen LogP) is 5.05. The number of ether oxygens (including phenoxy) is 1. The molecule has 6 heteroatoms. The monoisotopic (exact) mass is 458 g/mol. The number of para-hydroxylation sites is 2. The van der Waals surface area contributed by atoms with Crippen LogP contribution in [-0.2, 0) is 22.6 Å². The van der Waals surface area contributed by atoms with Crippen molar-refractivity contribution in [3.8, 4) is 0 Å². The van der Waals surface area contributed by atoms with Crippen molar-refractivity contribution in [2.24, 2.45) is 5.92 Å². The molecule has 6 nitrogen and oxygen atoms in total. The first-order valence-electron chi connectivity index (χ1n) is 11.6. The molecular weight excluding hydrogens is 428 g/mol. The Morgan fingerprint density at radius 1 is 0.912 bits per heavy atom. The van der Waals surface area contributed by atoms with E-state index in [1.807, 2.05) is 44.2 Å². The highest BCUT2D eigenvalue weighted by Crippen LogP contribution is 2.20. The largest absolute Gasteiger partial charge is 0.456 e. The average molecular weight is 459 g/mol. The van der Waals surface area contributed by atoms with E-state index in [0.29, 0.717) is 33.3 Å². The minimum Gasteiger partial charge on any atom is -0.456 e. The first-order valence-corrected chi connectivity index (χ1v) is 11.6. The standard InChI is InChI=1S/C28H30N2O4/c1-18(2)13-14-29-19(3)15-23(20(29)4)26(31)17-34-27(32)16-30-24-11-7-5-9-21(24)28(33)22-10-6-8-12-25(22)30/h5-12,15,18H,13-14,16-17H2,1-4H3. The van der Waals surface area contributed by atoms with Gasteiger partial charge in [0.15, 0.2) is 12.0 Å². The fourth-order valence-electron chi connectivity index (χ4n) is 4.46. The number of nitrogens with zero attached hydrogens (tertiary/aromatic N) is 2. The van der Waals surface area contributed by atoms with E-state index >= 15 is 0 Å². The van der Waals surface area contributed by atoms with Gasteiger partial charge in [-0.05, 0) is 56.5 Å². The summed E-state index contributed by atoms with van der Waals surface area (Å²) in [5, 5.41) is 1.08. The summed E-state index contributed by atoms with van der Waals surface area (Å²) >= 11 is 0. The number of esters is 1. The van der Waals surface area contributed by atoms with E-state index in [2.05, 4.69) is 18.4 Å². The van der Waals surface area contributed by atoms with Gasteiger partial charge in [-0.3, -0.25) is 14.4 Å². The van der Waals surface area contributed by atoms with E-state index in [-0.39, 0.29) is 24.4 Å². The van der Waals surface area contributed by atoms with Crippen LogP contribution in [0.3, 0.4) is 0 Å². The average Bonchev–Trinajstić information content (AvgIpc) is 3.12. The lowest BCUT2D eigenvalue weighted by Gasteiger charge is -2.14. The first kappa shape index (κ1) is 23.5. The fraction of sp³-hybridized carbons (Fsp3) is 0.321. The van der Waals surface area contributed by atoms with Crippen LogP contribution in [0, 0.1) is 19.8 Å². The minimum absolute atomic E-state index is 0.0705. The zero-order valence-electron chi connectivity index (χ0n) is 20.1. The van der Waals surface area contributed by atoms with Gasteiger partial charge in [-0.2, -0.15) is 0 Å². The molecule has 0 amide bonds. The van der Waals surface area contributed by atoms with Crippen LogP contribution in [0.25, 0.3) is 21.8 Å². The fourth-order valence-corrected chi connectivity index (χ4v) is 4.46. The maximum Gasteiger partial charge on any atom is 0.326 e. The molecule has 0 saturated heterocycles. The molecule has 2 heterocycles. The molecule has 0 aliphatic heterocycles. The van der Waals surface area contributed by atoms with E-state index in [1.165, 1.54) is 0 Å². The Balaban J connectivity index is 1.53. The van der Waals surface area contributed by atoms with Crippen LogP contribution in [0.5, 0.6) is 0 Å². The Kier molecular flexibility index (Phi) is 6.68. The Bertz CT molecular complexity index is 1380. The molecule has 0 aliphatic rings. The van der Waals surface area contributed by atoms with Crippen molar-refractivity contribution in [3.63, 3.8) is 0 Å². The summed E-state index contributed by atoms with van der Waals surface area (Å²) < 4.78 is 9.32. The molecule has 176 valence electrons. The van der Waals surface area contributed by atoms with Gasteiger partial charge in [0.05, 0.1) is 11.0 Å². The molecular formula is C28H30N2O4. The second-order valence-corrected chi connectivity index (χ2v) is 9.15. The summed E-state index contributed by atoms with van der Waals surface area (Å²) in [6.07, 6.45) is 1.03. The van der Waals surface area contributed by atoms with Crippen LogP contribution in [0.15, 0.2) is 59.4 Å². The number of fused-ring (bicyclic) bond motifs is 2. The van der Waals surface area contributed by atoms with Gasteiger partial charge < -0.3 is 13.9 Å². The summed E-state index contributed by atoms with van der Waals surface area (Å²) in [5.41, 5.74) is 3.76. The zero-order valence-corrected chi connectivity index (χ0v) is 20.1. The third kappa shape index (κ3) is 4.53. The van der Waals surface area contributed by atoms with E-state index in [4.69, 9.17) is 4.74 Å². The molecule has 0 N–H and O–H groups in total. The number of rotatable bonds is 8. The number of ketones is 1. The molecule has 0 fully saturated rings. The molecule has 0 radical (unpaired) electrons. The van der Waals surface area contributed by atoms with Crippen LogP contribution in [0.1, 0.15) is 42.0 Å². The highest BCUT2D eigenvalue weighted by molar-refractivity contribution is 5.99. The van der Waals surface area contributed by atoms with Crippen molar-refractivity contribution >= 4 is 33.6 Å². The number of aryl methyl sites for hydroxylation is 1. The molecule has 2 aromatic carbocycles. The lowest BCUT2D eigenvalue weighted by Crippen LogP contribution is -2.21. The van der Waals surface area contributed by atoms with Crippen LogP contribution in [-0.4, -0.2) is 27.5 Å². The number of benzene rings is 2. The number of aromatic nitrogens is 2. The summed E-state index contributed by atoms with van der Waals surface area (Å²) in [5.74, 6) is -0.172. The zero-order chi connectivity index (χ0) is 24.4. The summed E-state index contributed by atoms with van der Waals surface area (Å²) in [6.45, 7) is 8.72. The van der Waals surface area contributed by atoms with Gasteiger partial charge in [0, 0.05) is 34.3 Å². The number of carbonyl (C=O) groups is 2. The van der Waals surface area contributed by atoms with Crippen LogP contribution in [0.2, 0.25) is 0 Å². The summed E-state index contributed by atoms with van der Waals surface area (Å²) in [6, 6.07) is 16.3. The van der Waals surface area contributed by atoms with Crippen molar-refractivity contribution in [2.45, 2.75) is 47.2 Å². The van der Waals surface area contributed by atoms with Crippen molar-refractivity contribution in [1.29, 1.82) is 0 Å². The highest BCUT2D eigenvalue weighted by atomic mass is 16.5. The number of hydrogen-bond donors (Lipinski definition) is 0. The normalized spacial score (nSPS) is 11.4. The Morgan fingerprint density at radius 2 is 1.50 bits per heavy atom. The molecule has 0 saturated carbocycles. The number of Topliss-reactive ketones (excluding diaryl/α,β-unsaturated/α-hetero) is 1. The van der Waals surface area contributed by atoms with Crippen LogP contribution in [0.4, 0.5) is 0 Å². The lowest BCUT2D eigenvalue weighted by atomic mass is 10.1. The smallest absolute Gasteiger partial charge is 0.326 e. The van der Waals surface area contributed by atoms with Gasteiger partial charge in [0.1, 0.15) is 6.54 Å². The second-order valence-electron chi connectivity index (χ2n) is 9.15. The Hall–Kier alpha value is -3.67. The maximum absolute atomic E-state index is 12.9. The molecule has 0 bridgehead atoms. The van der Waals surface area contributed by atoms with E-state index in [1.54, 1.807) is 28.8 Å². The van der Waals surface area contributed by atoms with E-state index in [9.17, 15) is 14.4 Å². The van der Waals surface area contributed by atoms with Crippen molar-refractivity contribution in [1.82, 2.24) is 9.13 Å². The summed E-state index contributed by atoms with van der Waals surface area (Å²) in [7, 11) is 0. The van der Waals surface area contributed by atoms with Crippen LogP contribution >= 0.6 is 0 Å². The lowest BCUT2D eigenvalue weighted by molar-refractivity contribution is -0.143. The van der Waals surface area contributed by atoms with Crippen molar-refractivity contribution < 1.29 is 14.3 Å². The van der Waals surface area contributed by atoms with Gasteiger partial charge >= 0.3 is 5.97 Å². The van der Waals surface area contributed by atoms with Crippen LogP contribution < -0.4 is 5.43 Å². The Labute approximate surface area is 198 Å². The van der Waals surface area contributed by atoms with Gasteiger partial charge in [-0.25, -0.2) is 0 Å². The van der Waals surface area contributed by atoms with E-state index < -0.39 is 5.97 Å². The van der Waals surface area contributed by atoms with E-state index in [0.717, 1.165) is 24.4 Å². The number of pyridine rings is 1. The van der Waals surface area contributed by atoms with Crippen molar-refractivity contribution in [2.75, 3.05) is 6.61 Å². The SMILES string of the molecule is Cc1cc(C(=O)COC(=O)Cn2c3ccccc3c(=O)c3ccccc32)c(C)n1CCC(C)C. The first-order chi connectivity index (χ1) is 16.3. The molecule has 0 unspecified atom stereocenters. The summed E-state index contributed by atoms with van der Waals surface area (Å²) in [4.78, 5) is 38.5. The molecule has 2 aromatic heterocycles. The second kappa shape index (κ2) is 9.67. The molecule has 34 heavy (non-hydrogen) atoms.